The summed E-state index contributed by atoms with van der Waals surface area (Å²) < 4.78 is 0. The van der Waals surface area contributed by atoms with E-state index in [0.29, 0.717) is 0 Å². The Balaban J connectivity index is 1.91. The molecule has 0 aliphatic carbocycles. The van der Waals surface area contributed by atoms with Gasteiger partial charge in [0.1, 0.15) is 12.0 Å². The van der Waals surface area contributed by atoms with Gasteiger partial charge in [-0.05, 0) is 30.9 Å². The molecule has 0 saturated heterocycles. The van der Waals surface area contributed by atoms with E-state index in [1.165, 1.54) is 5.56 Å². The number of unbranched alkanes of at least 4 members (excludes halogenated alkanes) is 2. The number of nitrogens with one attached hydrogen (secondary N) is 1. The van der Waals surface area contributed by atoms with Crippen molar-refractivity contribution in [1.82, 2.24) is 4.98 Å². The highest BCUT2D eigenvalue weighted by Gasteiger charge is 2.26. The number of hydrogen-bond acceptors (Lipinski definition) is 3. The van der Waals surface area contributed by atoms with E-state index < -0.39 is 6.23 Å². The van der Waals surface area contributed by atoms with Crippen LogP contribution in [-0.2, 0) is 6.42 Å². The zero-order chi connectivity index (χ0) is 12.1. The molecule has 3 heteroatoms. The fraction of sp³-hybridized carbons (Fsp3) is 0.500. The van der Waals surface area contributed by atoms with Crippen LogP contribution in [0, 0.1) is 18.3 Å². The largest absolute Gasteiger partial charge is 0.373 e. The lowest BCUT2D eigenvalue weighted by Crippen LogP contribution is -2.35. The molecular formula is C14H18N2O. The number of hydrogen-bond donors (Lipinski definition) is 2. The number of terminal acetylenes is 1. The summed E-state index contributed by atoms with van der Waals surface area (Å²) in [6.45, 7) is 0. The Morgan fingerprint density at radius 2 is 2.41 bits per heavy atom. The van der Waals surface area contributed by atoms with Gasteiger partial charge in [0.25, 0.3) is 0 Å². The first-order chi connectivity index (χ1) is 8.31. The van der Waals surface area contributed by atoms with Gasteiger partial charge in [0, 0.05) is 18.5 Å². The van der Waals surface area contributed by atoms with Crippen molar-refractivity contribution in [3.05, 3.63) is 23.9 Å². The van der Waals surface area contributed by atoms with Crippen LogP contribution < -0.4 is 5.32 Å². The number of fused-ring (bicyclic) bond motifs is 1. The van der Waals surface area contributed by atoms with Crippen molar-refractivity contribution in [3.63, 3.8) is 0 Å². The predicted octanol–water partition coefficient (Wildman–Crippen LogP) is 2.18. The SMILES string of the molecule is C#CCCCCC1Cc2cccnc2NC1O. The van der Waals surface area contributed by atoms with E-state index in [1.807, 2.05) is 6.07 Å². The number of pyridine rings is 1. The highest BCUT2D eigenvalue weighted by Crippen LogP contribution is 2.28. The van der Waals surface area contributed by atoms with Gasteiger partial charge in [-0.1, -0.05) is 12.5 Å². The number of aliphatic hydroxyl groups excluding tert-OH is 1. The Labute approximate surface area is 102 Å². The van der Waals surface area contributed by atoms with E-state index in [9.17, 15) is 5.11 Å². The topological polar surface area (TPSA) is 45.2 Å². The third-order valence-electron chi connectivity index (χ3n) is 3.25. The Hall–Kier alpha value is -1.53. The molecule has 0 saturated carbocycles. The van der Waals surface area contributed by atoms with Crippen LogP contribution in [0.25, 0.3) is 0 Å². The summed E-state index contributed by atoms with van der Waals surface area (Å²) in [5, 5.41) is 13.0. The molecule has 0 spiro atoms. The second-order valence-electron chi connectivity index (χ2n) is 4.51. The third-order valence-corrected chi connectivity index (χ3v) is 3.25. The van der Waals surface area contributed by atoms with Crippen molar-refractivity contribution in [2.75, 3.05) is 5.32 Å². The molecule has 0 bridgehead atoms. The zero-order valence-corrected chi connectivity index (χ0v) is 9.89. The normalized spacial score (nSPS) is 22.4. The first-order valence-corrected chi connectivity index (χ1v) is 6.13. The van der Waals surface area contributed by atoms with Crippen molar-refractivity contribution in [3.8, 4) is 12.3 Å². The molecule has 1 aromatic rings. The average Bonchev–Trinajstić information content (AvgIpc) is 2.35. The van der Waals surface area contributed by atoms with E-state index >= 15 is 0 Å². The Bertz CT molecular complexity index is 411. The van der Waals surface area contributed by atoms with E-state index in [-0.39, 0.29) is 5.92 Å². The van der Waals surface area contributed by atoms with Crippen LogP contribution in [0.4, 0.5) is 5.82 Å². The summed E-state index contributed by atoms with van der Waals surface area (Å²) in [7, 11) is 0. The minimum Gasteiger partial charge on any atom is -0.373 e. The molecule has 2 N–H and O–H groups in total. The maximum absolute atomic E-state index is 9.98. The van der Waals surface area contributed by atoms with Gasteiger partial charge in [0.05, 0.1) is 0 Å². The molecule has 0 aromatic carbocycles. The molecule has 2 unspecified atom stereocenters. The molecule has 2 heterocycles. The highest BCUT2D eigenvalue weighted by atomic mass is 16.3. The lowest BCUT2D eigenvalue weighted by Gasteiger charge is -2.30. The number of nitrogens with zero attached hydrogens (tertiary/aromatic N) is 1. The minimum absolute atomic E-state index is 0.268. The van der Waals surface area contributed by atoms with Gasteiger partial charge in [-0.25, -0.2) is 4.98 Å². The van der Waals surface area contributed by atoms with Crippen molar-refractivity contribution < 1.29 is 5.11 Å². The maximum Gasteiger partial charge on any atom is 0.131 e. The summed E-state index contributed by atoms with van der Waals surface area (Å²) in [6.07, 6.45) is 11.3. The molecule has 1 aromatic heterocycles. The molecule has 0 amide bonds. The van der Waals surface area contributed by atoms with E-state index in [1.54, 1.807) is 6.20 Å². The highest BCUT2D eigenvalue weighted by molar-refractivity contribution is 5.46. The van der Waals surface area contributed by atoms with Crippen LogP contribution >= 0.6 is 0 Å². The average molecular weight is 230 g/mol. The lowest BCUT2D eigenvalue weighted by atomic mass is 9.89. The molecule has 1 aliphatic rings. The van der Waals surface area contributed by atoms with Crippen molar-refractivity contribution in [2.45, 2.75) is 38.3 Å². The molecule has 90 valence electrons. The molecule has 2 rings (SSSR count). The smallest absolute Gasteiger partial charge is 0.131 e. The quantitative estimate of drug-likeness (QED) is 0.615. The fourth-order valence-corrected chi connectivity index (χ4v) is 2.28. The number of anilines is 1. The van der Waals surface area contributed by atoms with Crippen molar-refractivity contribution >= 4 is 5.82 Å². The van der Waals surface area contributed by atoms with Crippen molar-refractivity contribution in [2.24, 2.45) is 5.92 Å². The standard InChI is InChI=1S/C14H18N2O/c1-2-3-4-5-7-12-10-11-8-6-9-15-13(11)16-14(12)17/h1,6,8-9,12,14,17H,3-5,7,10H2,(H,15,16). The van der Waals surface area contributed by atoms with Gasteiger partial charge < -0.3 is 10.4 Å². The fourth-order valence-electron chi connectivity index (χ4n) is 2.28. The third kappa shape index (κ3) is 2.98. The van der Waals surface area contributed by atoms with Gasteiger partial charge in [-0.3, -0.25) is 0 Å². The zero-order valence-electron chi connectivity index (χ0n) is 9.89. The monoisotopic (exact) mass is 230 g/mol. The van der Waals surface area contributed by atoms with Gasteiger partial charge >= 0.3 is 0 Å². The number of aromatic nitrogens is 1. The molecule has 3 nitrogen and oxygen atoms in total. The van der Waals surface area contributed by atoms with Crippen LogP contribution in [0.15, 0.2) is 18.3 Å². The van der Waals surface area contributed by atoms with E-state index in [4.69, 9.17) is 6.42 Å². The summed E-state index contributed by atoms with van der Waals surface area (Å²) in [4.78, 5) is 4.22. The second-order valence-corrected chi connectivity index (χ2v) is 4.51. The Morgan fingerprint density at radius 1 is 1.53 bits per heavy atom. The first-order valence-electron chi connectivity index (χ1n) is 6.13. The Kier molecular flexibility index (Phi) is 4.00. The summed E-state index contributed by atoms with van der Waals surface area (Å²) in [5.41, 5.74) is 1.19. The molecule has 2 atom stereocenters. The number of aliphatic hydroxyl groups is 1. The molecule has 0 fully saturated rings. The van der Waals surface area contributed by atoms with Crippen LogP contribution in [0.5, 0.6) is 0 Å². The lowest BCUT2D eigenvalue weighted by molar-refractivity contribution is 0.120. The van der Waals surface area contributed by atoms with Crippen LogP contribution in [0.1, 0.15) is 31.2 Å². The second kappa shape index (κ2) is 5.70. The Morgan fingerprint density at radius 3 is 3.24 bits per heavy atom. The molecule has 1 aliphatic heterocycles. The first kappa shape index (κ1) is 11.9. The van der Waals surface area contributed by atoms with Gasteiger partial charge in [-0.15, -0.1) is 12.3 Å². The number of rotatable bonds is 4. The van der Waals surface area contributed by atoms with E-state index in [2.05, 4.69) is 22.3 Å². The van der Waals surface area contributed by atoms with Gasteiger partial charge in [-0.2, -0.15) is 0 Å². The van der Waals surface area contributed by atoms with Gasteiger partial charge in [0.2, 0.25) is 0 Å². The molecule has 0 radical (unpaired) electrons. The summed E-state index contributed by atoms with van der Waals surface area (Å²) in [5.74, 6) is 3.73. The van der Waals surface area contributed by atoms with Crippen LogP contribution in [0.3, 0.4) is 0 Å². The maximum atomic E-state index is 9.98. The molecular weight excluding hydrogens is 212 g/mol. The van der Waals surface area contributed by atoms with Gasteiger partial charge in [0.15, 0.2) is 0 Å². The van der Waals surface area contributed by atoms with E-state index in [0.717, 1.165) is 37.9 Å². The van der Waals surface area contributed by atoms with Crippen LogP contribution in [0.2, 0.25) is 0 Å². The van der Waals surface area contributed by atoms with Crippen LogP contribution in [-0.4, -0.2) is 16.3 Å². The summed E-state index contributed by atoms with van der Waals surface area (Å²) in [6, 6.07) is 4.00. The predicted molar refractivity (Wildman–Crippen MR) is 68.4 cm³/mol. The minimum atomic E-state index is -0.483. The van der Waals surface area contributed by atoms with Crippen molar-refractivity contribution in [1.29, 1.82) is 0 Å². The molecule has 17 heavy (non-hydrogen) atoms. The summed E-state index contributed by atoms with van der Waals surface area (Å²) >= 11 is 0.